The third kappa shape index (κ3) is 3.77. The molecule has 1 aromatic rings. The molecule has 20 heavy (non-hydrogen) atoms. The Balaban J connectivity index is 1.81. The predicted octanol–water partition coefficient (Wildman–Crippen LogP) is -0.489. The fraction of sp³-hybridized carbons (Fsp3) is 0.500. The van der Waals surface area contributed by atoms with Gasteiger partial charge in [-0.05, 0) is 11.6 Å². The number of hydrogen-bond donors (Lipinski definition) is 4. The molecule has 1 fully saturated rings. The highest BCUT2D eigenvalue weighted by Crippen LogP contribution is 2.15. The van der Waals surface area contributed by atoms with Crippen LogP contribution in [0.5, 0.6) is 0 Å². The Hall–Kier alpha value is -1.47. The van der Waals surface area contributed by atoms with Crippen LogP contribution in [0.3, 0.4) is 0 Å². The zero-order chi connectivity index (χ0) is 14.5. The molecule has 1 saturated heterocycles. The lowest BCUT2D eigenvalue weighted by atomic mass is 10.1. The number of amides is 1. The van der Waals surface area contributed by atoms with E-state index < -0.39 is 12.2 Å². The minimum atomic E-state index is -0.712. The lowest BCUT2D eigenvalue weighted by Crippen LogP contribution is -2.27. The molecule has 2 atom stereocenters. The Morgan fingerprint density at radius 1 is 1.30 bits per heavy atom. The van der Waals surface area contributed by atoms with E-state index in [2.05, 4.69) is 5.32 Å². The van der Waals surface area contributed by atoms with Gasteiger partial charge >= 0.3 is 0 Å². The average Bonchev–Trinajstić information content (AvgIpc) is 2.76. The van der Waals surface area contributed by atoms with Gasteiger partial charge in [0.05, 0.1) is 12.2 Å². The van der Waals surface area contributed by atoms with E-state index in [9.17, 15) is 15.0 Å². The van der Waals surface area contributed by atoms with Gasteiger partial charge in [0.1, 0.15) is 0 Å². The van der Waals surface area contributed by atoms with Crippen molar-refractivity contribution >= 4 is 11.6 Å². The standard InChI is InChI=1S/C14H21N3O3/c15-7-10-3-1-2-4-11(10)16-14(20)5-6-17-8-12(18)13(19)9-17/h1-4,12-13,18-19H,5-9,15H2,(H,16,20). The average molecular weight is 279 g/mol. The van der Waals surface area contributed by atoms with Gasteiger partial charge in [-0.15, -0.1) is 0 Å². The summed E-state index contributed by atoms with van der Waals surface area (Å²) in [5.74, 6) is -0.0956. The summed E-state index contributed by atoms with van der Waals surface area (Å²) in [6.45, 7) is 1.72. The molecule has 0 radical (unpaired) electrons. The van der Waals surface area contributed by atoms with Crippen molar-refractivity contribution in [1.82, 2.24) is 4.90 Å². The van der Waals surface area contributed by atoms with Crippen LogP contribution in [0.4, 0.5) is 5.69 Å². The van der Waals surface area contributed by atoms with Crippen LogP contribution >= 0.6 is 0 Å². The summed E-state index contributed by atoms with van der Waals surface area (Å²) in [6, 6.07) is 7.43. The first-order valence-corrected chi connectivity index (χ1v) is 6.76. The topological polar surface area (TPSA) is 98.8 Å². The molecule has 0 aliphatic carbocycles. The highest BCUT2D eigenvalue weighted by atomic mass is 16.3. The molecule has 0 aromatic heterocycles. The zero-order valence-electron chi connectivity index (χ0n) is 11.3. The lowest BCUT2D eigenvalue weighted by Gasteiger charge is -2.15. The Bertz CT molecular complexity index is 457. The van der Waals surface area contributed by atoms with Crippen LogP contribution in [0.2, 0.25) is 0 Å². The largest absolute Gasteiger partial charge is 0.389 e. The number of anilines is 1. The van der Waals surface area contributed by atoms with Gasteiger partial charge in [0.25, 0.3) is 0 Å². The maximum Gasteiger partial charge on any atom is 0.225 e. The van der Waals surface area contributed by atoms with Crippen LogP contribution in [0.25, 0.3) is 0 Å². The summed E-state index contributed by atoms with van der Waals surface area (Å²) in [5.41, 5.74) is 7.25. The number of likely N-dealkylation sites (tertiary alicyclic amines) is 1. The number of nitrogens with zero attached hydrogens (tertiary/aromatic N) is 1. The first-order chi connectivity index (χ1) is 9.60. The quantitative estimate of drug-likeness (QED) is 0.583. The predicted molar refractivity (Wildman–Crippen MR) is 76.0 cm³/mol. The minimum absolute atomic E-state index is 0.0956. The van der Waals surface area contributed by atoms with Crippen molar-refractivity contribution in [1.29, 1.82) is 0 Å². The first-order valence-electron chi connectivity index (χ1n) is 6.76. The molecule has 1 heterocycles. The number of carbonyl (C=O) groups excluding carboxylic acids is 1. The fourth-order valence-corrected chi connectivity index (χ4v) is 2.32. The maximum absolute atomic E-state index is 11.9. The van der Waals surface area contributed by atoms with Crippen LogP contribution in [-0.2, 0) is 11.3 Å². The molecule has 1 aromatic carbocycles. The summed E-state index contributed by atoms with van der Waals surface area (Å²) >= 11 is 0. The van der Waals surface area contributed by atoms with Crippen molar-refractivity contribution in [2.24, 2.45) is 5.73 Å². The van der Waals surface area contributed by atoms with E-state index in [0.717, 1.165) is 11.3 Å². The smallest absolute Gasteiger partial charge is 0.225 e. The van der Waals surface area contributed by atoms with Crippen LogP contribution < -0.4 is 11.1 Å². The number of carbonyl (C=O) groups is 1. The van der Waals surface area contributed by atoms with Crippen LogP contribution in [0.15, 0.2) is 24.3 Å². The molecule has 1 aliphatic rings. The molecule has 6 heteroatoms. The van der Waals surface area contributed by atoms with Gasteiger partial charge in [-0.1, -0.05) is 18.2 Å². The third-order valence-corrected chi connectivity index (χ3v) is 3.50. The minimum Gasteiger partial charge on any atom is -0.389 e. The second-order valence-corrected chi connectivity index (χ2v) is 5.05. The number of rotatable bonds is 5. The lowest BCUT2D eigenvalue weighted by molar-refractivity contribution is -0.116. The molecular formula is C14H21N3O3. The molecule has 5 N–H and O–H groups in total. The second kappa shape index (κ2) is 6.81. The summed E-state index contributed by atoms with van der Waals surface area (Å²) < 4.78 is 0. The van der Waals surface area contributed by atoms with Crippen molar-refractivity contribution < 1.29 is 15.0 Å². The summed E-state index contributed by atoms with van der Waals surface area (Å²) in [5, 5.41) is 21.7. The van der Waals surface area contributed by atoms with E-state index in [1.807, 2.05) is 29.2 Å². The number of aliphatic hydroxyl groups is 2. The van der Waals surface area contributed by atoms with Gasteiger partial charge in [-0.25, -0.2) is 0 Å². The number of nitrogens with two attached hydrogens (primary N) is 1. The SMILES string of the molecule is NCc1ccccc1NC(=O)CCN1CC(O)C(O)C1. The molecule has 2 unspecified atom stereocenters. The zero-order valence-corrected chi connectivity index (χ0v) is 11.3. The van der Waals surface area contributed by atoms with Crippen LogP contribution in [0.1, 0.15) is 12.0 Å². The van der Waals surface area contributed by atoms with E-state index >= 15 is 0 Å². The molecule has 1 aliphatic heterocycles. The van der Waals surface area contributed by atoms with Gasteiger partial charge in [0, 0.05) is 38.3 Å². The van der Waals surface area contributed by atoms with Crippen molar-refractivity contribution in [3.8, 4) is 0 Å². The summed E-state index contributed by atoms with van der Waals surface area (Å²) in [6.07, 6.45) is -1.11. The van der Waals surface area contributed by atoms with Crippen LogP contribution in [0, 0.1) is 0 Å². The van der Waals surface area contributed by atoms with Crippen molar-refractivity contribution in [3.63, 3.8) is 0 Å². The molecule has 2 rings (SSSR count). The molecule has 1 amide bonds. The molecule has 110 valence electrons. The first kappa shape index (κ1) is 14.9. The maximum atomic E-state index is 11.9. The summed E-state index contributed by atoms with van der Waals surface area (Å²) in [4.78, 5) is 13.8. The Kier molecular flexibility index (Phi) is 5.08. The highest BCUT2D eigenvalue weighted by Gasteiger charge is 2.29. The van der Waals surface area contributed by atoms with E-state index in [-0.39, 0.29) is 5.91 Å². The fourth-order valence-electron chi connectivity index (χ4n) is 2.32. The highest BCUT2D eigenvalue weighted by molar-refractivity contribution is 5.91. The second-order valence-electron chi connectivity index (χ2n) is 5.05. The number of benzene rings is 1. The third-order valence-electron chi connectivity index (χ3n) is 3.50. The van der Waals surface area contributed by atoms with E-state index in [1.54, 1.807) is 0 Å². The number of nitrogens with one attached hydrogen (secondary N) is 1. The van der Waals surface area contributed by atoms with Crippen molar-refractivity contribution in [2.75, 3.05) is 25.0 Å². The Labute approximate surface area is 118 Å². The normalized spacial score (nSPS) is 22.9. The molecule has 6 nitrogen and oxygen atoms in total. The molecular weight excluding hydrogens is 258 g/mol. The van der Waals surface area contributed by atoms with Crippen molar-refractivity contribution in [2.45, 2.75) is 25.2 Å². The summed E-state index contributed by atoms with van der Waals surface area (Å²) in [7, 11) is 0. The number of aliphatic hydroxyl groups excluding tert-OH is 2. The molecule has 0 saturated carbocycles. The Morgan fingerprint density at radius 3 is 2.60 bits per heavy atom. The van der Waals surface area contributed by atoms with E-state index in [1.165, 1.54) is 0 Å². The molecule has 0 bridgehead atoms. The van der Waals surface area contributed by atoms with Gasteiger partial charge in [0.15, 0.2) is 0 Å². The van der Waals surface area contributed by atoms with Gasteiger partial charge in [0.2, 0.25) is 5.91 Å². The number of hydrogen-bond acceptors (Lipinski definition) is 5. The Morgan fingerprint density at radius 2 is 1.95 bits per heavy atom. The van der Waals surface area contributed by atoms with E-state index in [0.29, 0.717) is 32.6 Å². The van der Waals surface area contributed by atoms with Gasteiger partial charge in [-0.2, -0.15) is 0 Å². The van der Waals surface area contributed by atoms with Gasteiger partial charge in [-0.3, -0.25) is 9.69 Å². The number of para-hydroxylation sites is 1. The monoisotopic (exact) mass is 279 g/mol. The molecule has 0 spiro atoms. The number of β-amino-alcohol motifs (C(OH)–C–C–N with tert-alkyl or cyclic N) is 2. The van der Waals surface area contributed by atoms with E-state index in [4.69, 9.17) is 5.73 Å². The van der Waals surface area contributed by atoms with Crippen molar-refractivity contribution in [3.05, 3.63) is 29.8 Å². The van der Waals surface area contributed by atoms with Gasteiger partial charge < -0.3 is 21.3 Å². The van der Waals surface area contributed by atoms with Crippen LogP contribution in [-0.4, -0.2) is 52.9 Å².